The van der Waals surface area contributed by atoms with Crippen LogP contribution in [0.3, 0.4) is 0 Å². The third-order valence-corrected chi connectivity index (χ3v) is 2.38. The summed E-state index contributed by atoms with van der Waals surface area (Å²) in [7, 11) is 3.09. The van der Waals surface area contributed by atoms with E-state index in [1.165, 1.54) is 0 Å². The minimum atomic E-state index is -0.993. The van der Waals surface area contributed by atoms with Crippen LogP contribution in [0, 0.1) is 6.92 Å². The molecule has 0 atom stereocenters. The van der Waals surface area contributed by atoms with E-state index in [1.807, 2.05) is 19.1 Å². The van der Waals surface area contributed by atoms with E-state index in [0.717, 1.165) is 11.6 Å². The van der Waals surface area contributed by atoms with Crippen LogP contribution in [0.15, 0.2) is 18.2 Å². The molecule has 4 heteroatoms. The molecule has 1 aromatic rings. The molecule has 0 bridgehead atoms. The summed E-state index contributed by atoms with van der Waals surface area (Å²) in [6.45, 7) is 3.63. The molecule has 92 valence electrons. The van der Waals surface area contributed by atoms with Gasteiger partial charge in [-0.1, -0.05) is 0 Å². The first kappa shape index (κ1) is 13.1. The van der Waals surface area contributed by atoms with Gasteiger partial charge in [-0.25, -0.2) is 4.79 Å². The van der Waals surface area contributed by atoms with E-state index in [-0.39, 0.29) is 0 Å². The summed E-state index contributed by atoms with van der Waals surface area (Å²) in [4.78, 5) is 10.7. The zero-order valence-corrected chi connectivity index (χ0v) is 10.4. The SMILES string of the molecule is COc1cc(C)cc(OC)c1C(C)=CC(=O)O. The molecular formula is C13H16O4. The summed E-state index contributed by atoms with van der Waals surface area (Å²) in [5.41, 5.74) is 2.25. The number of hydrogen-bond acceptors (Lipinski definition) is 3. The molecule has 17 heavy (non-hydrogen) atoms. The molecule has 0 amide bonds. The van der Waals surface area contributed by atoms with Crippen LogP contribution in [0.1, 0.15) is 18.1 Å². The highest BCUT2D eigenvalue weighted by atomic mass is 16.5. The summed E-state index contributed by atoms with van der Waals surface area (Å²) >= 11 is 0. The van der Waals surface area contributed by atoms with Crippen LogP contribution in [-0.2, 0) is 4.79 Å². The van der Waals surface area contributed by atoms with Crippen LogP contribution in [0.5, 0.6) is 11.5 Å². The van der Waals surface area contributed by atoms with Gasteiger partial charge in [0, 0.05) is 6.08 Å². The highest BCUT2D eigenvalue weighted by molar-refractivity contribution is 5.91. The molecule has 0 radical (unpaired) electrons. The van der Waals surface area contributed by atoms with Crippen molar-refractivity contribution >= 4 is 11.5 Å². The number of aryl methyl sites for hydroxylation is 1. The van der Waals surface area contributed by atoms with Gasteiger partial charge in [-0.15, -0.1) is 0 Å². The smallest absolute Gasteiger partial charge is 0.328 e. The van der Waals surface area contributed by atoms with Gasteiger partial charge < -0.3 is 14.6 Å². The quantitative estimate of drug-likeness (QED) is 0.816. The van der Waals surface area contributed by atoms with Crippen molar-refractivity contribution in [3.05, 3.63) is 29.3 Å². The van der Waals surface area contributed by atoms with Crippen molar-refractivity contribution in [2.24, 2.45) is 0 Å². The van der Waals surface area contributed by atoms with Crippen molar-refractivity contribution in [1.82, 2.24) is 0 Å². The molecule has 0 aliphatic heterocycles. The molecule has 1 rings (SSSR count). The van der Waals surface area contributed by atoms with Crippen LogP contribution in [0.4, 0.5) is 0 Å². The summed E-state index contributed by atoms with van der Waals surface area (Å²) in [5.74, 6) is 0.223. The highest BCUT2D eigenvalue weighted by Gasteiger charge is 2.13. The number of carboxylic acids is 1. The Hall–Kier alpha value is -1.97. The van der Waals surface area contributed by atoms with Crippen molar-refractivity contribution in [2.75, 3.05) is 14.2 Å². The van der Waals surface area contributed by atoms with E-state index in [2.05, 4.69) is 0 Å². The number of hydrogen-bond donors (Lipinski definition) is 1. The van der Waals surface area contributed by atoms with E-state index < -0.39 is 5.97 Å². The number of carbonyl (C=O) groups is 1. The monoisotopic (exact) mass is 236 g/mol. The van der Waals surface area contributed by atoms with Gasteiger partial charge >= 0.3 is 5.97 Å². The first-order valence-corrected chi connectivity index (χ1v) is 5.13. The molecule has 1 aromatic carbocycles. The second-order valence-electron chi connectivity index (χ2n) is 3.71. The first-order valence-electron chi connectivity index (χ1n) is 5.13. The standard InChI is InChI=1S/C13H16O4/c1-8-5-10(16-3)13(11(6-8)17-4)9(2)7-12(14)15/h5-7H,1-4H3,(H,14,15). The van der Waals surface area contributed by atoms with E-state index in [4.69, 9.17) is 14.6 Å². The maximum absolute atomic E-state index is 10.7. The Kier molecular flexibility index (Phi) is 4.15. The van der Waals surface area contributed by atoms with Gasteiger partial charge in [0.1, 0.15) is 11.5 Å². The Balaban J connectivity index is 3.43. The fourth-order valence-corrected chi connectivity index (χ4v) is 1.69. The minimum Gasteiger partial charge on any atom is -0.496 e. The Morgan fingerprint density at radius 2 is 1.71 bits per heavy atom. The van der Waals surface area contributed by atoms with Gasteiger partial charge in [0.15, 0.2) is 0 Å². The lowest BCUT2D eigenvalue weighted by Gasteiger charge is -2.14. The van der Waals surface area contributed by atoms with Crippen molar-refractivity contribution in [3.63, 3.8) is 0 Å². The third kappa shape index (κ3) is 3.00. The second kappa shape index (κ2) is 5.39. The Morgan fingerprint density at radius 1 is 1.24 bits per heavy atom. The zero-order valence-electron chi connectivity index (χ0n) is 10.4. The molecule has 0 aliphatic rings. The van der Waals surface area contributed by atoms with Gasteiger partial charge in [0.2, 0.25) is 0 Å². The van der Waals surface area contributed by atoms with Crippen LogP contribution in [0.25, 0.3) is 5.57 Å². The fourth-order valence-electron chi connectivity index (χ4n) is 1.69. The number of benzene rings is 1. The number of ether oxygens (including phenoxy) is 2. The molecule has 0 unspecified atom stereocenters. The van der Waals surface area contributed by atoms with Crippen molar-refractivity contribution in [2.45, 2.75) is 13.8 Å². The molecule has 0 heterocycles. The first-order chi connectivity index (χ1) is 7.99. The van der Waals surface area contributed by atoms with Crippen LogP contribution < -0.4 is 9.47 Å². The van der Waals surface area contributed by atoms with E-state index in [1.54, 1.807) is 21.1 Å². The molecule has 1 N–H and O–H groups in total. The van der Waals surface area contributed by atoms with Gasteiger partial charge in [0.25, 0.3) is 0 Å². The number of carboxylic acid groups (broad SMARTS) is 1. The average molecular weight is 236 g/mol. The zero-order chi connectivity index (χ0) is 13.0. The van der Waals surface area contributed by atoms with Gasteiger partial charge in [-0.05, 0) is 37.1 Å². The minimum absolute atomic E-state index is 0.589. The Bertz CT molecular complexity index is 435. The lowest BCUT2D eigenvalue weighted by atomic mass is 10.0. The molecule has 0 saturated carbocycles. The number of rotatable bonds is 4. The predicted molar refractivity (Wildman–Crippen MR) is 65.6 cm³/mol. The average Bonchev–Trinajstić information content (AvgIpc) is 2.26. The molecule has 0 aromatic heterocycles. The molecule has 0 saturated heterocycles. The molecule has 0 fully saturated rings. The van der Waals surface area contributed by atoms with Crippen LogP contribution in [-0.4, -0.2) is 25.3 Å². The highest BCUT2D eigenvalue weighted by Crippen LogP contribution is 2.35. The largest absolute Gasteiger partial charge is 0.496 e. The van der Waals surface area contributed by atoms with Crippen LogP contribution >= 0.6 is 0 Å². The van der Waals surface area contributed by atoms with Gasteiger partial charge in [-0.2, -0.15) is 0 Å². The van der Waals surface area contributed by atoms with E-state index in [0.29, 0.717) is 22.6 Å². The molecule has 4 nitrogen and oxygen atoms in total. The van der Waals surface area contributed by atoms with Crippen LogP contribution in [0.2, 0.25) is 0 Å². The molecular weight excluding hydrogens is 220 g/mol. The third-order valence-electron chi connectivity index (χ3n) is 2.38. The predicted octanol–water partition coefficient (Wildman–Crippen LogP) is 2.50. The second-order valence-corrected chi connectivity index (χ2v) is 3.71. The maximum Gasteiger partial charge on any atom is 0.328 e. The topological polar surface area (TPSA) is 55.8 Å². The molecule has 0 spiro atoms. The Labute approximate surface area is 100 Å². The summed E-state index contributed by atoms with van der Waals surface area (Å²) in [6.07, 6.45) is 1.13. The number of aliphatic carboxylic acids is 1. The van der Waals surface area contributed by atoms with Gasteiger partial charge in [0.05, 0.1) is 19.8 Å². The lowest BCUT2D eigenvalue weighted by Crippen LogP contribution is -1.98. The summed E-state index contributed by atoms with van der Waals surface area (Å²) in [5, 5.41) is 8.77. The molecule has 0 aliphatic carbocycles. The lowest BCUT2D eigenvalue weighted by molar-refractivity contribution is -0.131. The maximum atomic E-state index is 10.7. The van der Waals surface area contributed by atoms with Gasteiger partial charge in [-0.3, -0.25) is 0 Å². The fraction of sp³-hybridized carbons (Fsp3) is 0.308. The Morgan fingerprint density at radius 3 is 2.06 bits per heavy atom. The normalized spacial score (nSPS) is 11.2. The van der Waals surface area contributed by atoms with E-state index in [9.17, 15) is 4.79 Å². The summed E-state index contributed by atoms with van der Waals surface area (Å²) < 4.78 is 10.5. The van der Waals surface area contributed by atoms with Crippen molar-refractivity contribution < 1.29 is 19.4 Å². The van der Waals surface area contributed by atoms with Crippen molar-refractivity contribution in [1.29, 1.82) is 0 Å². The summed E-state index contributed by atoms with van der Waals surface area (Å²) in [6, 6.07) is 3.69. The van der Waals surface area contributed by atoms with Crippen molar-refractivity contribution in [3.8, 4) is 11.5 Å². The number of methoxy groups -OCH3 is 2. The van der Waals surface area contributed by atoms with E-state index >= 15 is 0 Å². The number of allylic oxidation sites excluding steroid dienone is 1.